The second-order valence-corrected chi connectivity index (χ2v) is 5.68. The van der Waals surface area contributed by atoms with E-state index in [0.717, 1.165) is 12.1 Å². The summed E-state index contributed by atoms with van der Waals surface area (Å²) in [6.07, 6.45) is 2.93. The second-order valence-electron chi connectivity index (χ2n) is 4.83. The zero-order valence-electron chi connectivity index (χ0n) is 12.0. The lowest BCUT2D eigenvalue weighted by molar-refractivity contribution is -0.690. The first-order chi connectivity index (χ1) is 9.99. The number of aryl methyl sites for hydroxylation is 2. The number of rotatable bonds is 4. The van der Waals surface area contributed by atoms with Crippen LogP contribution in [-0.4, -0.2) is 5.91 Å². The van der Waals surface area contributed by atoms with E-state index in [1.54, 1.807) is 18.2 Å². The molecule has 0 saturated heterocycles. The number of pyridine rings is 1. The molecule has 3 nitrogen and oxygen atoms in total. The standard InChI is InChI=1S/C16H16Cl2N2O/c1-3-12-5-4-11(2)20(9-12)10-16(21)19-15-7-6-13(17)8-14(15)18/h4-9H,3,10H2,1-2H3/p+1. The Hall–Kier alpha value is -1.58. The molecule has 0 spiro atoms. The van der Waals surface area contributed by atoms with E-state index >= 15 is 0 Å². The second kappa shape index (κ2) is 6.92. The van der Waals surface area contributed by atoms with Crippen LogP contribution in [0.2, 0.25) is 10.0 Å². The van der Waals surface area contributed by atoms with Crippen molar-refractivity contribution in [2.45, 2.75) is 26.8 Å². The third kappa shape index (κ3) is 4.19. The van der Waals surface area contributed by atoms with E-state index in [1.165, 1.54) is 5.56 Å². The summed E-state index contributed by atoms with van der Waals surface area (Å²) in [6.45, 7) is 4.31. The van der Waals surface area contributed by atoms with Gasteiger partial charge in [-0.3, -0.25) is 4.79 Å². The maximum absolute atomic E-state index is 12.1. The highest BCUT2D eigenvalue weighted by atomic mass is 35.5. The highest BCUT2D eigenvalue weighted by molar-refractivity contribution is 6.36. The van der Waals surface area contributed by atoms with Crippen molar-refractivity contribution in [1.29, 1.82) is 0 Å². The smallest absolute Gasteiger partial charge is 0.290 e. The Morgan fingerprint density at radius 1 is 1.24 bits per heavy atom. The van der Waals surface area contributed by atoms with Gasteiger partial charge in [0.2, 0.25) is 6.54 Å². The predicted molar refractivity (Wildman–Crippen MR) is 85.8 cm³/mol. The minimum atomic E-state index is -0.124. The van der Waals surface area contributed by atoms with Crippen molar-refractivity contribution in [3.8, 4) is 0 Å². The summed E-state index contributed by atoms with van der Waals surface area (Å²) in [7, 11) is 0. The van der Waals surface area contributed by atoms with E-state index < -0.39 is 0 Å². The number of halogens is 2. The third-order valence-corrected chi connectivity index (χ3v) is 3.79. The van der Waals surface area contributed by atoms with Gasteiger partial charge in [0.05, 0.1) is 10.7 Å². The average Bonchev–Trinajstić information content (AvgIpc) is 2.44. The molecule has 0 unspecified atom stereocenters. The first-order valence-corrected chi connectivity index (χ1v) is 7.49. The number of aromatic nitrogens is 1. The van der Waals surface area contributed by atoms with Gasteiger partial charge in [-0.2, -0.15) is 4.57 Å². The Balaban J connectivity index is 2.11. The lowest BCUT2D eigenvalue weighted by atomic mass is 10.2. The van der Waals surface area contributed by atoms with Gasteiger partial charge in [0.1, 0.15) is 0 Å². The number of amides is 1. The summed E-state index contributed by atoms with van der Waals surface area (Å²) in [4.78, 5) is 12.1. The summed E-state index contributed by atoms with van der Waals surface area (Å²) in [5, 5.41) is 3.77. The Morgan fingerprint density at radius 2 is 2.00 bits per heavy atom. The molecule has 1 aromatic heterocycles. The van der Waals surface area contributed by atoms with Gasteiger partial charge in [0, 0.05) is 23.6 Å². The molecule has 1 amide bonds. The molecule has 1 aromatic carbocycles. The Morgan fingerprint density at radius 3 is 2.67 bits per heavy atom. The maximum Gasteiger partial charge on any atom is 0.290 e. The highest BCUT2D eigenvalue weighted by Crippen LogP contribution is 2.25. The van der Waals surface area contributed by atoms with Gasteiger partial charge in [-0.15, -0.1) is 0 Å². The topological polar surface area (TPSA) is 33.0 Å². The van der Waals surface area contributed by atoms with Crippen LogP contribution in [-0.2, 0) is 17.8 Å². The van der Waals surface area contributed by atoms with E-state index in [0.29, 0.717) is 15.7 Å². The van der Waals surface area contributed by atoms with Crippen LogP contribution in [0.25, 0.3) is 0 Å². The Labute approximate surface area is 134 Å². The molecule has 110 valence electrons. The average molecular weight is 324 g/mol. The van der Waals surface area contributed by atoms with Gasteiger partial charge in [0.15, 0.2) is 11.9 Å². The summed E-state index contributed by atoms with van der Waals surface area (Å²) >= 11 is 11.9. The number of carbonyl (C=O) groups is 1. The predicted octanol–water partition coefficient (Wildman–Crippen LogP) is 3.79. The first kappa shape index (κ1) is 15.8. The normalized spacial score (nSPS) is 10.5. The number of benzene rings is 1. The van der Waals surface area contributed by atoms with E-state index in [4.69, 9.17) is 23.2 Å². The molecular weight excluding hydrogens is 307 g/mol. The number of nitrogens with one attached hydrogen (secondary N) is 1. The number of hydrogen-bond acceptors (Lipinski definition) is 1. The van der Waals surface area contributed by atoms with Gasteiger partial charge >= 0.3 is 0 Å². The van der Waals surface area contributed by atoms with Crippen LogP contribution in [0.5, 0.6) is 0 Å². The molecule has 1 heterocycles. The number of nitrogens with zero attached hydrogens (tertiary/aromatic N) is 1. The van der Waals surface area contributed by atoms with Crippen molar-refractivity contribution in [3.63, 3.8) is 0 Å². The third-order valence-electron chi connectivity index (χ3n) is 3.24. The Kier molecular flexibility index (Phi) is 5.21. The minimum Gasteiger partial charge on any atom is -0.319 e. The number of anilines is 1. The van der Waals surface area contributed by atoms with Crippen molar-refractivity contribution < 1.29 is 9.36 Å². The molecule has 5 heteroatoms. The summed E-state index contributed by atoms with van der Waals surface area (Å²) < 4.78 is 1.93. The molecule has 0 saturated carbocycles. The molecule has 21 heavy (non-hydrogen) atoms. The summed E-state index contributed by atoms with van der Waals surface area (Å²) in [6, 6.07) is 9.08. The molecule has 0 aliphatic rings. The van der Waals surface area contributed by atoms with E-state index in [1.807, 2.05) is 23.8 Å². The zero-order chi connectivity index (χ0) is 15.4. The molecule has 2 aromatic rings. The fourth-order valence-corrected chi connectivity index (χ4v) is 2.44. The van der Waals surface area contributed by atoms with Crippen LogP contribution in [0.1, 0.15) is 18.2 Å². The summed E-state index contributed by atoms with van der Waals surface area (Å²) in [5.74, 6) is -0.124. The van der Waals surface area contributed by atoms with E-state index in [2.05, 4.69) is 18.3 Å². The van der Waals surface area contributed by atoms with Crippen LogP contribution in [0.3, 0.4) is 0 Å². The van der Waals surface area contributed by atoms with Crippen molar-refractivity contribution in [3.05, 3.63) is 57.8 Å². The number of carbonyl (C=O) groups excluding carboxylic acids is 1. The van der Waals surface area contributed by atoms with Gasteiger partial charge in [-0.1, -0.05) is 30.1 Å². The van der Waals surface area contributed by atoms with Crippen LogP contribution in [0.15, 0.2) is 36.5 Å². The fraction of sp³-hybridized carbons (Fsp3) is 0.250. The molecule has 0 radical (unpaired) electrons. The molecule has 0 aliphatic carbocycles. The fourth-order valence-electron chi connectivity index (χ4n) is 1.98. The quantitative estimate of drug-likeness (QED) is 0.853. The van der Waals surface area contributed by atoms with Crippen molar-refractivity contribution in [2.24, 2.45) is 0 Å². The zero-order valence-corrected chi connectivity index (χ0v) is 13.5. The highest BCUT2D eigenvalue weighted by Gasteiger charge is 2.14. The molecule has 0 bridgehead atoms. The molecule has 0 aliphatic heterocycles. The van der Waals surface area contributed by atoms with Gasteiger partial charge in [0.25, 0.3) is 5.91 Å². The van der Waals surface area contributed by atoms with E-state index in [-0.39, 0.29) is 12.5 Å². The largest absolute Gasteiger partial charge is 0.319 e. The Bertz CT molecular complexity index is 671. The van der Waals surface area contributed by atoms with Crippen molar-refractivity contribution >= 4 is 34.8 Å². The summed E-state index contributed by atoms with van der Waals surface area (Å²) in [5.41, 5.74) is 2.79. The lowest BCUT2D eigenvalue weighted by Gasteiger charge is -2.07. The van der Waals surface area contributed by atoms with Gasteiger partial charge < -0.3 is 5.32 Å². The van der Waals surface area contributed by atoms with Crippen molar-refractivity contribution in [1.82, 2.24) is 0 Å². The number of hydrogen-bond donors (Lipinski definition) is 1. The maximum atomic E-state index is 12.1. The molecule has 2 rings (SSSR count). The van der Waals surface area contributed by atoms with Crippen molar-refractivity contribution in [2.75, 3.05) is 5.32 Å². The van der Waals surface area contributed by atoms with Crippen LogP contribution < -0.4 is 9.88 Å². The first-order valence-electron chi connectivity index (χ1n) is 6.73. The van der Waals surface area contributed by atoms with Crippen LogP contribution in [0, 0.1) is 6.92 Å². The van der Waals surface area contributed by atoms with Crippen LogP contribution in [0.4, 0.5) is 5.69 Å². The monoisotopic (exact) mass is 323 g/mol. The van der Waals surface area contributed by atoms with E-state index in [9.17, 15) is 4.79 Å². The lowest BCUT2D eigenvalue weighted by Crippen LogP contribution is -2.43. The van der Waals surface area contributed by atoms with Gasteiger partial charge in [-0.25, -0.2) is 0 Å². The minimum absolute atomic E-state index is 0.124. The SMILES string of the molecule is CCc1ccc(C)[n+](CC(=O)Nc2ccc(Cl)cc2Cl)c1. The van der Waals surface area contributed by atoms with Crippen LogP contribution >= 0.6 is 23.2 Å². The van der Waals surface area contributed by atoms with Gasteiger partial charge in [-0.05, 0) is 30.7 Å². The molecule has 0 fully saturated rings. The molecule has 0 atom stereocenters. The molecule has 1 N–H and O–H groups in total. The molecular formula is C16H17Cl2N2O+.